The lowest BCUT2D eigenvalue weighted by atomic mass is 10.00. The lowest BCUT2D eigenvalue weighted by Crippen LogP contribution is -2.23. The molecule has 0 amide bonds. The average molecular weight is 225 g/mol. The van der Waals surface area contributed by atoms with Crippen LogP contribution < -0.4 is 5.32 Å². The summed E-state index contributed by atoms with van der Waals surface area (Å²) in [5.41, 5.74) is 3.07. The zero-order valence-electron chi connectivity index (χ0n) is 10.5. The van der Waals surface area contributed by atoms with E-state index in [0.717, 1.165) is 6.54 Å². The molecule has 1 heteroatoms. The molecular weight excluding hydrogens is 206 g/mol. The van der Waals surface area contributed by atoms with Crippen LogP contribution in [-0.4, -0.2) is 6.54 Å². The van der Waals surface area contributed by atoms with E-state index in [-0.39, 0.29) is 0 Å². The number of benzene rings is 2. The molecule has 0 aromatic heterocycles. The van der Waals surface area contributed by atoms with Crippen molar-refractivity contribution in [1.82, 2.24) is 5.32 Å². The molecule has 1 aliphatic carbocycles. The summed E-state index contributed by atoms with van der Waals surface area (Å²) in [5, 5.41) is 6.43. The molecule has 0 heterocycles. The molecule has 0 bridgehead atoms. The average Bonchev–Trinajstić information content (AvgIpc) is 2.67. The van der Waals surface area contributed by atoms with E-state index >= 15 is 0 Å². The highest BCUT2D eigenvalue weighted by Crippen LogP contribution is 2.39. The Kier molecular flexibility index (Phi) is 2.64. The van der Waals surface area contributed by atoms with Crippen molar-refractivity contribution < 1.29 is 0 Å². The van der Waals surface area contributed by atoms with Gasteiger partial charge in [0.1, 0.15) is 0 Å². The minimum Gasteiger partial charge on any atom is -0.310 e. The molecule has 0 saturated carbocycles. The lowest BCUT2D eigenvalue weighted by molar-refractivity contribution is 0.426. The quantitative estimate of drug-likeness (QED) is 0.822. The Bertz CT molecular complexity index is 544. The summed E-state index contributed by atoms with van der Waals surface area (Å²) in [5.74, 6) is 0.704. The molecule has 0 radical (unpaired) electrons. The topological polar surface area (TPSA) is 12.0 Å². The first-order valence-corrected chi connectivity index (χ1v) is 6.55. The standard InChI is InChI=1S/C16H19N/c1-3-17-16-11(2)10-15-13-7-5-4-6-12(13)8-9-14(15)16/h4-9,11,16-17H,3,10H2,1-2H3. The van der Waals surface area contributed by atoms with Gasteiger partial charge in [-0.05, 0) is 40.8 Å². The number of rotatable bonds is 2. The molecule has 1 N–H and O–H groups in total. The van der Waals surface area contributed by atoms with Crippen LogP contribution >= 0.6 is 0 Å². The van der Waals surface area contributed by atoms with E-state index in [4.69, 9.17) is 0 Å². The summed E-state index contributed by atoms with van der Waals surface area (Å²) in [6.45, 7) is 5.58. The molecule has 2 unspecified atom stereocenters. The van der Waals surface area contributed by atoms with Gasteiger partial charge in [0.25, 0.3) is 0 Å². The number of hydrogen-bond donors (Lipinski definition) is 1. The third kappa shape index (κ3) is 1.66. The molecule has 0 spiro atoms. The van der Waals surface area contributed by atoms with Gasteiger partial charge in [-0.15, -0.1) is 0 Å². The number of nitrogens with one attached hydrogen (secondary N) is 1. The van der Waals surface area contributed by atoms with Crippen molar-refractivity contribution in [2.45, 2.75) is 26.3 Å². The van der Waals surface area contributed by atoms with Gasteiger partial charge in [-0.1, -0.05) is 50.2 Å². The molecule has 88 valence electrons. The Balaban J connectivity index is 2.17. The first-order chi connectivity index (χ1) is 8.31. The van der Waals surface area contributed by atoms with Gasteiger partial charge < -0.3 is 5.32 Å². The van der Waals surface area contributed by atoms with Gasteiger partial charge in [0, 0.05) is 6.04 Å². The third-order valence-electron chi connectivity index (χ3n) is 3.93. The molecule has 1 aliphatic rings. The Hall–Kier alpha value is -1.34. The zero-order valence-corrected chi connectivity index (χ0v) is 10.5. The predicted molar refractivity (Wildman–Crippen MR) is 73.2 cm³/mol. The number of fused-ring (bicyclic) bond motifs is 3. The Labute approximate surface area is 103 Å². The molecule has 3 rings (SSSR count). The van der Waals surface area contributed by atoms with Gasteiger partial charge in [0.2, 0.25) is 0 Å². The molecule has 0 fully saturated rings. The Morgan fingerprint density at radius 3 is 2.82 bits per heavy atom. The van der Waals surface area contributed by atoms with E-state index in [1.807, 2.05) is 0 Å². The van der Waals surface area contributed by atoms with E-state index in [2.05, 4.69) is 55.6 Å². The van der Waals surface area contributed by atoms with Crippen LogP contribution in [0, 0.1) is 5.92 Å². The summed E-state index contributed by atoms with van der Waals surface area (Å²) >= 11 is 0. The number of hydrogen-bond acceptors (Lipinski definition) is 1. The SMILES string of the molecule is CCNC1c2ccc3ccccc3c2CC1C. The highest BCUT2D eigenvalue weighted by molar-refractivity contribution is 5.87. The summed E-state index contributed by atoms with van der Waals surface area (Å²) < 4.78 is 0. The van der Waals surface area contributed by atoms with Gasteiger partial charge >= 0.3 is 0 Å². The largest absolute Gasteiger partial charge is 0.310 e. The Morgan fingerprint density at radius 2 is 2.00 bits per heavy atom. The van der Waals surface area contributed by atoms with Crippen LogP contribution in [-0.2, 0) is 6.42 Å². The van der Waals surface area contributed by atoms with Gasteiger partial charge in [-0.2, -0.15) is 0 Å². The van der Waals surface area contributed by atoms with Crippen molar-refractivity contribution in [3.05, 3.63) is 47.5 Å². The predicted octanol–water partition coefficient (Wildman–Crippen LogP) is 3.68. The molecule has 1 nitrogen and oxygen atoms in total. The van der Waals surface area contributed by atoms with E-state index < -0.39 is 0 Å². The van der Waals surface area contributed by atoms with Gasteiger partial charge in [0.05, 0.1) is 0 Å². The van der Waals surface area contributed by atoms with Crippen molar-refractivity contribution in [2.75, 3.05) is 6.54 Å². The first kappa shape index (κ1) is 10.8. The molecular formula is C16H19N. The lowest BCUT2D eigenvalue weighted by Gasteiger charge is -2.17. The van der Waals surface area contributed by atoms with Crippen LogP contribution in [0.5, 0.6) is 0 Å². The highest BCUT2D eigenvalue weighted by Gasteiger charge is 2.29. The van der Waals surface area contributed by atoms with Gasteiger partial charge in [0.15, 0.2) is 0 Å². The molecule has 2 aromatic carbocycles. The van der Waals surface area contributed by atoms with Crippen LogP contribution in [0.1, 0.15) is 31.0 Å². The van der Waals surface area contributed by atoms with E-state index in [9.17, 15) is 0 Å². The van der Waals surface area contributed by atoms with Crippen molar-refractivity contribution in [3.63, 3.8) is 0 Å². The minimum atomic E-state index is 0.541. The van der Waals surface area contributed by atoms with Gasteiger partial charge in [-0.25, -0.2) is 0 Å². The molecule has 2 aromatic rings. The third-order valence-corrected chi connectivity index (χ3v) is 3.93. The smallest absolute Gasteiger partial charge is 0.0352 e. The van der Waals surface area contributed by atoms with Crippen LogP contribution in [0.3, 0.4) is 0 Å². The maximum absolute atomic E-state index is 3.62. The fourth-order valence-corrected chi connectivity index (χ4v) is 3.15. The van der Waals surface area contributed by atoms with E-state index in [1.165, 1.54) is 22.8 Å². The second kappa shape index (κ2) is 4.15. The summed E-state index contributed by atoms with van der Waals surface area (Å²) in [7, 11) is 0. The first-order valence-electron chi connectivity index (χ1n) is 6.55. The van der Waals surface area contributed by atoms with Crippen molar-refractivity contribution >= 4 is 10.8 Å². The van der Waals surface area contributed by atoms with Crippen LogP contribution in [0.15, 0.2) is 36.4 Å². The van der Waals surface area contributed by atoms with Crippen LogP contribution in [0.2, 0.25) is 0 Å². The molecule has 17 heavy (non-hydrogen) atoms. The monoisotopic (exact) mass is 225 g/mol. The van der Waals surface area contributed by atoms with Crippen LogP contribution in [0.4, 0.5) is 0 Å². The second-order valence-electron chi connectivity index (χ2n) is 5.07. The maximum Gasteiger partial charge on any atom is 0.0352 e. The Morgan fingerprint density at radius 1 is 1.18 bits per heavy atom. The summed E-state index contributed by atoms with van der Waals surface area (Å²) in [6, 6.07) is 13.9. The van der Waals surface area contributed by atoms with Crippen molar-refractivity contribution in [3.8, 4) is 0 Å². The fourth-order valence-electron chi connectivity index (χ4n) is 3.15. The normalized spacial score (nSPS) is 22.9. The van der Waals surface area contributed by atoms with E-state index in [1.54, 1.807) is 5.56 Å². The molecule has 0 saturated heterocycles. The van der Waals surface area contributed by atoms with Crippen LogP contribution in [0.25, 0.3) is 10.8 Å². The maximum atomic E-state index is 3.62. The second-order valence-corrected chi connectivity index (χ2v) is 5.07. The van der Waals surface area contributed by atoms with E-state index in [0.29, 0.717) is 12.0 Å². The summed E-state index contributed by atoms with van der Waals surface area (Å²) in [6.07, 6.45) is 1.20. The molecule has 2 atom stereocenters. The highest BCUT2D eigenvalue weighted by atomic mass is 14.9. The zero-order chi connectivity index (χ0) is 11.8. The molecule has 0 aliphatic heterocycles. The minimum absolute atomic E-state index is 0.541. The van der Waals surface area contributed by atoms with Gasteiger partial charge in [-0.3, -0.25) is 0 Å². The fraction of sp³-hybridized carbons (Fsp3) is 0.375. The van der Waals surface area contributed by atoms with Crippen molar-refractivity contribution in [2.24, 2.45) is 5.92 Å². The van der Waals surface area contributed by atoms with Crippen molar-refractivity contribution in [1.29, 1.82) is 0 Å². The summed E-state index contributed by atoms with van der Waals surface area (Å²) in [4.78, 5) is 0.